The van der Waals surface area contributed by atoms with E-state index in [1.165, 1.54) is 6.07 Å². The fourth-order valence-corrected chi connectivity index (χ4v) is 2.74. The second kappa shape index (κ2) is 6.09. The van der Waals surface area contributed by atoms with E-state index in [1.807, 2.05) is 0 Å². The molecule has 0 spiro atoms. The van der Waals surface area contributed by atoms with Crippen molar-refractivity contribution in [3.63, 3.8) is 0 Å². The third-order valence-corrected chi connectivity index (χ3v) is 3.81. The Labute approximate surface area is 111 Å². The van der Waals surface area contributed by atoms with Crippen LogP contribution in [0.25, 0.3) is 0 Å². The van der Waals surface area contributed by atoms with E-state index in [0.29, 0.717) is 0 Å². The molecule has 0 saturated carbocycles. The fraction of sp³-hybridized carbons (Fsp3) is 0.455. The van der Waals surface area contributed by atoms with Crippen LogP contribution in [0.1, 0.15) is 30.6 Å². The molecule has 19 heavy (non-hydrogen) atoms. The lowest BCUT2D eigenvalue weighted by Gasteiger charge is -2.15. The van der Waals surface area contributed by atoms with Crippen molar-refractivity contribution >= 4 is 16.0 Å². The SMILES string of the molecule is CC(O)CC(C)NS(=O)(=O)c1ccc(C(=O)O)cn1. The van der Waals surface area contributed by atoms with E-state index in [2.05, 4.69) is 9.71 Å². The molecule has 106 valence electrons. The molecule has 1 aromatic rings. The minimum absolute atomic E-state index is 0.0871. The number of nitrogens with zero attached hydrogens (tertiary/aromatic N) is 1. The molecule has 0 amide bonds. The van der Waals surface area contributed by atoms with Gasteiger partial charge in [0.05, 0.1) is 11.7 Å². The number of aromatic carboxylic acids is 1. The molecule has 2 unspecified atom stereocenters. The van der Waals surface area contributed by atoms with Crippen LogP contribution in [0.4, 0.5) is 0 Å². The van der Waals surface area contributed by atoms with Crippen molar-refractivity contribution in [3.8, 4) is 0 Å². The Hall–Kier alpha value is -1.51. The molecule has 0 bridgehead atoms. The van der Waals surface area contributed by atoms with Gasteiger partial charge < -0.3 is 10.2 Å². The smallest absolute Gasteiger partial charge is 0.337 e. The molecule has 8 heteroatoms. The highest BCUT2D eigenvalue weighted by Crippen LogP contribution is 2.09. The Bertz CT molecular complexity index is 539. The number of hydrogen-bond acceptors (Lipinski definition) is 5. The van der Waals surface area contributed by atoms with Crippen molar-refractivity contribution in [3.05, 3.63) is 23.9 Å². The number of pyridine rings is 1. The molecule has 0 fully saturated rings. The van der Waals surface area contributed by atoms with Crippen molar-refractivity contribution in [2.45, 2.75) is 37.4 Å². The van der Waals surface area contributed by atoms with Crippen LogP contribution < -0.4 is 4.72 Å². The van der Waals surface area contributed by atoms with Crippen LogP contribution in [-0.2, 0) is 10.0 Å². The van der Waals surface area contributed by atoms with Crippen molar-refractivity contribution < 1.29 is 23.4 Å². The van der Waals surface area contributed by atoms with Gasteiger partial charge in [0, 0.05) is 12.2 Å². The predicted molar refractivity (Wildman–Crippen MR) is 67.3 cm³/mol. The third kappa shape index (κ3) is 4.58. The molecular formula is C11H16N2O5S. The van der Waals surface area contributed by atoms with Crippen molar-refractivity contribution in [2.24, 2.45) is 0 Å². The standard InChI is InChI=1S/C11H16N2O5S/c1-7(5-8(2)14)13-19(17,18)10-4-3-9(6-12-10)11(15)16/h3-4,6-8,13-14H,5H2,1-2H3,(H,15,16). The lowest BCUT2D eigenvalue weighted by molar-refractivity contribution is 0.0696. The summed E-state index contributed by atoms with van der Waals surface area (Å²) < 4.78 is 26.2. The molecule has 0 aliphatic rings. The monoisotopic (exact) mass is 288 g/mol. The molecule has 7 nitrogen and oxygen atoms in total. The first-order valence-corrected chi connectivity index (χ1v) is 7.10. The normalized spacial score (nSPS) is 14.9. The summed E-state index contributed by atoms with van der Waals surface area (Å²) in [6, 6.07) is 1.84. The molecular weight excluding hydrogens is 272 g/mol. The topological polar surface area (TPSA) is 117 Å². The molecule has 0 aliphatic heterocycles. The number of aliphatic hydroxyl groups is 1. The van der Waals surface area contributed by atoms with Gasteiger partial charge in [-0.25, -0.2) is 22.9 Å². The first-order valence-electron chi connectivity index (χ1n) is 5.62. The molecule has 1 heterocycles. The molecule has 2 atom stereocenters. The minimum Gasteiger partial charge on any atom is -0.478 e. The maximum Gasteiger partial charge on any atom is 0.337 e. The van der Waals surface area contributed by atoms with Gasteiger partial charge in [-0.15, -0.1) is 0 Å². The average molecular weight is 288 g/mol. The number of sulfonamides is 1. The minimum atomic E-state index is -3.81. The van der Waals surface area contributed by atoms with E-state index < -0.39 is 28.1 Å². The lowest BCUT2D eigenvalue weighted by Crippen LogP contribution is -2.35. The van der Waals surface area contributed by atoms with E-state index in [0.717, 1.165) is 12.3 Å². The van der Waals surface area contributed by atoms with Gasteiger partial charge in [0.1, 0.15) is 0 Å². The number of aromatic nitrogens is 1. The largest absolute Gasteiger partial charge is 0.478 e. The quantitative estimate of drug-likeness (QED) is 0.689. The molecule has 1 aromatic heterocycles. The zero-order valence-corrected chi connectivity index (χ0v) is 11.4. The molecule has 0 saturated heterocycles. The summed E-state index contributed by atoms with van der Waals surface area (Å²) in [5.74, 6) is -1.17. The Morgan fingerprint density at radius 1 is 1.42 bits per heavy atom. The van der Waals surface area contributed by atoms with Gasteiger partial charge in [-0.2, -0.15) is 0 Å². The van der Waals surface area contributed by atoms with Crippen molar-refractivity contribution in [1.29, 1.82) is 0 Å². The summed E-state index contributed by atoms with van der Waals surface area (Å²) in [6.07, 6.45) is 0.628. The lowest BCUT2D eigenvalue weighted by atomic mass is 10.2. The molecule has 1 rings (SSSR count). The van der Waals surface area contributed by atoms with E-state index in [9.17, 15) is 18.3 Å². The summed E-state index contributed by atoms with van der Waals surface area (Å²) in [5, 5.41) is 17.6. The van der Waals surface area contributed by atoms with Gasteiger partial charge in [0.25, 0.3) is 10.0 Å². The second-order valence-electron chi connectivity index (χ2n) is 4.30. The Kier molecular flexibility index (Phi) is 4.98. The van der Waals surface area contributed by atoms with Crippen molar-refractivity contribution in [2.75, 3.05) is 0 Å². The first-order chi connectivity index (χ1) is 8.72. The Morgan fingerprint density at radius 3 is 2.47 bits per heavy atom. The maximum absolute atomic E-state index is 11.9. The summed E-state index contributed by atoms with van der Waals surface area (Å²) in [5.41, 5.74) is -0.0871. The fourth-order valence-electron chi connectivity index (χ4n) is 1.55. The van der Waals surface area contributed by atoms with Gasteiger partial charge >= 0.3 is 5.97 Å². The van der Waals surface area contributed by atoms with Crippen LogP contribution in [0, 0.1) is 0 Å². The van der Waals surface area contributed by atoms with Crippen LogP contribution >= 0.6 is 0 Å². The number of carboxylic acids is 1. The van der Waals surface area contributed by atoms with Gasteiger partial charge in [0.15, 0.2) is 5.03 Å². The highest BCUT2D eigenvalue weighted by atomic mass is 32.2. The van der Waals surface area contributed by atoms with Crippen molar-refractivity contribution in [1.82, 2.24) is 9.71 Å². The van der Waals surface area contributed by atoms with Crippen LogP contribution in [0.15, 0.2) is 23.4 Å². The molecule has 3 N–H and O–H groups in total. The summed E-state index contributed by atoms with van der Waals surface area (Å²) in [7, 11) is -3.81. The Balaban J connectivity index is 2.85. The van der Waals surface area contributed by atoms with Crippen LogP contribution in [0.3, 0.4) is 0 Å². The summed E-state index contributed by atoms with van der Waals surface area (Å²) >= 11 is 0. The second-order valence-corrected chi connectivity index (χ2v) is 5.96. The maximum atomic E-state index is 11.9. The summed E-state index contributed by atoms with van der Waals surface area (Å²) in [6.45, 7) is 3.18. The number of carbonyl (C=O) groups is 1. The number of nitrogens with one attached hydrogen (secondary N) is 1. The van der Waals surface area contributed by atoms with E-state index in [4.69, 9.17) is 5.11 Å². The summed E-state index contributed by atoms with van der Waals surface area (Å²) in [4.78, 5) is 14.2. The van der Waals surface area contributed by atoms with Gasteiger partial charge in [-0.05, 0) is 32.4 Å². The van der Waals surface area contributed by atoms with Gasteiger partial charge in [0.2, 0.25) is 0 Å². The molecule has 0 radical (unpaired) electrons. The van der Waals surface area contributed by atoms with E-state index in [1.54, 1.807) is 13.8 Å². The van der Waals surface area contributed by atoms with Crippen LogP contribution in [0.5, 0.6) is 0 Å². The average Bonchev–Trinajstić information content (AvgIpc) is 2.27. The predicted octanol–water partition coefficient (Wildman–Crippen LogP) is 0.217. The Morgan fingerprint density at radius 2 is 2.05 bits per heavy atom. The van der Waals surface area contributed by atoms with Crippen LogP contribution in [-0.4, -0.2) is 41.7 Å². The molecule has 0 aromatic carbocycles. The molecule has 0 aliphatic carbocycles. The zero-order valence-electron chi connectivity index (χ0n) is 10.6. The number of aliphatic hydroxyl groups excluding tert-OH is 1. The highest BCUT2D eigenvalue weighted by molar-refractivity contribution is 7.89. The number of carboxylic acid groups (broad SMARTS) is 1. The van der Waals surface area contributed by atoms with E-state index >= 15 is 0 Å². The number of rotatable bonds is 6. The first kappa shape index (κ1) is 15.5. The zero-order chi connectivity index (χ0) is 14.6. The highest BCUT2D eigenvalue weighted by Gasteiger charge is 2.20. The van der Waals surface area contributed by atoms with E-state index in [-0.39, 0.29) is 17.0 Å². The van der Waals surface area contributed by atoms with Gasteiger partial charge in [-0.1, -0.05) is 0 Å². The number of hydrogen-bond donors (Lipinski definition) is 3. The third-order valence-electron chi connectivity index (χ3n) is 2.31. The van der Waals surface area contributed by atoms with Gasteiger partial charge in [-0.3, -0.25) is 0 Å². The van der Waals surface area contributed by atoms with Crippen LogP contribution in [0.2, 0.25) is 0 Å².